The molecule has 0 saturated carbocycles. The van der Waals surface area contributed by atoms with Gasteiger partial charge in [0.2, 0.25) is 0 Å². The summed E-state index contributed by atoms with van der Waals surface area (Å²) in [4.78, 5) is 16.2. The molecule has 0 radical (unpaired) electrons. The molecule has 5 heterocycles. The second-order valence-corrected chi connectivity index (χ2v) is 16.4. The number of methoxy groups -OCH3 is 1. The number of cyclic esters (lactones) is 1. The molecule has 0 aliphatic carbocycles. The van der Waals surface area contributed by atoms with E-state index in [0.29, 0.717) is 19.3 Å². The number of ether oxygens (including phenoxy) is 8. The van der Waals surface area contributed by atoms with Crippen LogP contribution in [0.1, 0.15) is 94.9 Å². The van der Waals surface area contributed by atoms with Crippen LogP contribution in [0, 0.1) is 17.8 Å². The largest absolute Gasteiger partial charge is 0.459 e. The van der Waals surface area contributed by atoms with Gasteiger partial charge in [0.05, 0.1) is 41.5 Å². The van der Waals surface area contributed by atoms with Gasteiger partial charge in [-0.3, -0.25) is 4.79 Å². The van der Waals surface area contributed by atoms with Gasteiger partial charge in [0.15, 0.2) is 18.4 Å². The van der Waals surface area contributed by atoms with E-state index in [1.165, 1.54) is 0 Å². The topological polar surface area (TPSA) is 135 Å². The number of rotatable bonds is 7. The SMILES string of the molecule is CC[C@H]1OC(=O)[C@H](C)[C@@H](O[C@H]2C[C@@](C)(OC)[C@@H](O)[C@H](C)O2)[C@H](C)C(O[C@@H]2O[C@H](C)C[C@H](N(C)C)[C@H]2O)[C@@]2(C)C[C@@H](C)[C@@]3(O2)O[C@@]1(C)C=C3C. The van der Waals surface area contributed by atoms with Gasteiger partial charge in [0.25, 0.3) is 0 Å². The fraction of sp³-hybridized carbons (Fsp3) is 0.919. The summed E-state index contributed by atoms with van der Waals surface area (Å²) in [6.45, 7) is 19.4. The Morgan fingerprint density at radius 3 is 2.29 bits per heavy atom. The zero-order valence-electron chi connectivity index (χ0n) is 31.9. The van der Waals surface area contributed by atoms with Crippen molar-refractivity contribution in [1.29, 1.82) is 0 Å². The lowest BCUT2D eigenvalue weighted by Crippen LogP contribution is -2.61. The van der Waals surface area contributed by atoms with E-state index in [9.17, 15) is 15.0 Å². The highest BCUT2D eigenvalue weighted by Crippen LogP contribution is 2.56. The smallest absolute Gasteiger partial charge is 0.311 e. The van der Waals surface area contributed by atoms with Gasteiger partial charge in [-0.25, -0.2) is 0 Å². The first kappa shape index (κ1) is 39.0. The fourth-order valence-corrected chi connectivity index (χ4v) is 9.37. The third-order valence-electron chi connectivity index (χ3n) is 12.2. The number of esters is 1. The number of fused-ring (bicyclic) bond motifs is 2. The van der Waals surface area contributed by atoms with Crippen molar-refractivity contribution in [3.05, 3.63) is 11.6 Å². The Labute approximate surface area is 293 Å². The quantitative estimate of drug-likeness (QED) is 0.295. The molecule has 4 saturated heterocycles. The molecule has 2 N–H and O–H groups in total. The Balaban J connectivity index is 1.60. The van der Waals surface area contributed by atoms with E-state index in [2.05, 4.69) is 6.92 Å². The predicted molar refractivity (Wildman–Crippen MR) is 180 cm³/mol. The van der Waals surface area contributed by atoms with Crippen LogP contribution in [0.5, 0.6) is 0 Å². The zero-order chi connectivity index (χ0) is 36.4. The summed E-state index contributed by atoms with van der Waals surface area (Å²) in [6, 6.07) is -0.191. The van der Waals surface area contributed by atoms with Crippen molar-refractivity contribution in [2.75, 3.05) is 21.2 Å². The van der Waals surface area contributed by atoms with Crippen LogP contribution in [-0.4, -0.2) is 126 Å². The van der Waals surface area contributed by atoms with E-state index in [4.69, 9.17) is 37.9 Å². The Morgan fingerprint density at radius 1 is 1.00 bits per heavy atom. The van der Waals surface area contributed by atoms with Crippen LogP contribution >= 0.6 is 0 Å². The number of carbonyl (C=O) groups excluding carboxylic acids is 1. The number of hydrogen-bond donors (Lipinski definition) is 2. The van der Waals surface area contributed by atoms with E-state index in [1.807, 2.05) is 73.5 Å². The van der Waals surface area contributed by atoms with Gasteiger partial charge in [0.1, 0.15) is 23.9 Å². The van der Waals surface area contributed by atoms with E-state index < -0.39 is 89.6 Å². The number of nitrogens with zero attached hydrogens (tertiary/aromatic N) is 1. The second-order valence-electron chi connectivity index (χ2n) is 16.4. The van der Waals surface area contributed by atoms with Gasteiger partial charge in [-0.2, -0.15) is 0 Å². The number of carbonyl (C=O) groups is 1. The molecule has 0 aromatic heterocycles. The van der Waals surface area contributed by atoms with Gasteiger partial charge >= 0.3 is 5.97 Å². The minimum Gasteiger partial charge on any atom is -0.459 e. The van der Waals surface area contributed by atoms with Crippen molar-refractivity contribution in [1.82, 2.24) is 4.90 Å². The highest BCUT2D eigenvalue weighted by molar-refractivity contribution is 5.73. The van der Waals surface area contributed by atoms with Crippen LogP contribution < -0.4 is 0 Å². The Hall–Kier alpha value is -1.19. The maximum atomic E-state index is 14.2. The molecule has 0 amide bonds. The monoisotopic (exact) mass is 697 g/mol. The number of likely N-dealkylation sites (N-methyl/N-ethyl adjacent to an activating group) is 1. The van der Waals surface area contributed by atoms with Crippen molar-refractivity contribution < 1.29 is 52.9 Å². The maximum Gasteiger partial charge on any atom is 0.311 e. The summed E-state index contributed by atoms with van der Waals surface area (Å²) in [5, 5.41) is 22.5. The lowest BCUT2D eigenvalue weighted by Gasteiger charge is -2.49. The van der Waals surface area contributed by atoms with Crippen molar-refractivity contribution in [3.63, 3.8) is 0 Å². The van der Waals surface area contributed by atoms with E-state index in [1.54, 1.807) is 21.0 Å². The van der Waals surface area contributed by atoms with Crippen LogP contribution in [0.15, 0.2) is 11.6 Å². The van der Waals surface area contributed by atoms with Gasteiger partial charge in [-0.15, -0.1) is 0 Å². The zero-order valence-corrected chi connectivity index (χ0v) is 31.9. The molecule has 3 bridgehead atoms. The minimum atomic E-state index is -1.07. The Kier molecular flexibility index (Phi) is 11.1. The van der Waals surface area contributed by atoms with Crippen LogP contribution in [0.4, 0.5) is 0 Å². The Bertz CT molecular complexity index is 1230. The normalized spacial score (nSPS) is 52.4. The van der Waals surface area contributed by atoms with Gasteiger partial charge < -0.3 is 53.0 Å². The summed E-state index contributed by atoms with van der Waals surface area (Å²) in [6.07, 6.45) is -2.44. The van der Waals surface area contributed by atoms with Crippen molar-refractivity contribution in [3.8, 4) is 0 Å². The molecular formula is C37H63NO11. The van der Waals surface area contributed by atoms with E-state index in [-0.39, 0.29) is 24.5 Å². The van der Waals surface area contributed by atoms with Crippen LogP contribution in [-0.2, 0) is 42.7 Å². The number of hydrogen-bond acceptors (Lipinski definition) is 12. The molecule has 4 fully saturated rings. The van der Waals surface area contributed by atoms with Crippen molar-refractivity contribution >= 4 is 5.97 Å². The average molecular weight is 698 g/mol. The van der Waals surface area contributed by atoms with E-state index in [0.717, 1.165) is 5.57 Å². The lowest BCUT2D eigenvalue weighted by atomic mass is 9.78. The number of aliphatic hydroxyl groups excluding tert-OH is 2. The van der Waals surface area contributed by atoms with Gasteiger partial charge in [-0.1, -0.05) is 20.8 Å². The molecule has 0 aromatic carbocycles. The highest BCUT2D eigenvalue weighted by atomic mass is 16.8. The molecule has 12 heteroatoms. The minimum absolute atomic E-state index is 0.0864. The second kappa shape index (κ2) is 14.0. The molecule has 5 aliphatic heterocycles. The summed E-state index contributed by atoms with van der Waals surface area (Å²) in [5.41, 5.74) is -1.90. The van der Waals surface area contributed by atoms with Crippen LogP contribution in [0.2, 0.25) is 0 Å². The molecule has 5 rings (SSSR count). The molecule has 12 nitrogen and oxygen atoms in total. The van der Waals surface area contributed by atoms with Crippen molar-refractivity contribution in [2.24, 2.45) is 17.8 Å². The third kappa shape index (κ3) is 6.89. The summed E-state index contributed by atoms with van der Waals surface area (Å²) < 4.78 is 52.5. The van der Waals surface area contributed by atoms with Gasteiger partial charge in [0, 0.05) is 31.4 Å². The highest BCUT2D eigenvalue weighted by Gasteiger charge is 2.65. The molecule has 282 valence electrons. The molecule has 0 aromatic rings. The first-order chi connectivity index (χ1) is 22.7. The summed E-state index contributed by atoms with van der Waals surface area (Å²) >= 11 is 0. The molecule has 5 aliphatic rings. The molecule has 17 atom stereocenters. The molecule has 49 heavy (non-hydrogen) atoms. The predicted octanol–water partition coefficient (Wildman–Crippen LogP) is 3.94. The lowest BCUT2D eigenvalue weighted by molar-refractivity contribution is -0.337. The van der Waals surface area contributed by atoms with Gasteiger partial charge in [-0.05, 0) is 93.5 Å². The standard InChI is InChI=1S/C37H63NO11/c1-14-26-34(8)16-19(2)37(48-34)20(3)17-36(10,49-37)31(47-33-28(39)25(38(11)12)15-21(4)43-33)22(5)29(23(6)32(41)45-26)46-27-18-35(9,42-13)30(40)24(7)44-27/h16,20-31,33,39-40H,14-15,17-18H2,1-13H3/t20-,21-,22+,23-,24+,25+,26-,27+,28-,29+,30+,31?,33+,34+,35-,36-,37-/m1/s1. The van der Waals surface area contributed by atoms with E-state index >= 15 is 0 Å². The molecule has 1 unspecified atom stereocenters. The molecular weight excluding hydrogens is 634 g/mol. The summed E-state index contributed by atoms with van der Waals surface area (Å²) in [5.74, 6) is -2.88. The van der Waals surface area contributed by atoms with Crippen LogP contribution in [0.25, 0.3) is 0 Å². The Morgan fingerprint density at radius 2 is 1.67 bits per heavy atom. The molecule has 1 spiro atoms. The fourth-order valence-electron chi connectivity index (χ4n) is 9.37. The maximum absolute atomic E-state index is 14.2. The van der Waals surface area contributed by atoms with Crippen molar-refractivity contribution in [2.45, 2.75) is 179 Å². The van der Waals surface area contributed by atoms with Crippen LogP contribution in [0.3, 0.4) is 0 Å². The summed E-state index contributed by atoms with van der Waals surface area (Å²) in [7, 11) is 5.44. The third-order valence-corrected chi connectivity index (χ3v) is 12.2. The average Bonchev–Trinajstić information content (AvgIpc) is 3.45. The number of aliphatic hydroxyl groups is 2. The first-order valence-corrected chi connectivity index (χ1v) is 18.2. The first-order valence-electron chi connectivity index (χ1n) is 18.2.